The molecular formula is C25H25Cl2N3O5. The highest BCUT2D eigenvalue weighted by Crippen LogP contribution is 2.39. The number of nitrogens with one attached hydrogen (secondary N) is 1. The highest BCUT2D eigenvalue weighted by Gasteiger charge is 2.33. The molecule has 3 aromatic rings. The van der Waals surface area contributed by atoms with Crippen molar-refractivity contribution in [2.24, 2.45) is 0 Å². The van der Waals surface area contributed by atoms with Gasteiger partial charge in [-0.05, 0) is 23.3 Å². The molecule has 1 aliphatic heterocycles. The van der Waals surface area contributed by atoms with E-state index < -0.39 is 12.4 Å². The number of imidazole rings is 1. The molecule has 2 aromatic carbocycles. The molecule has 0 bridgehead atoms. The van der Waals surface area contributed by atoms with Crippen molar-refractivity contribution in [3.8, 4) is 0 Å². The summed E-state index contributed by atoms with van der Waals surface area (Å²) in [5.74, 6) is 0. The van der Waals surface area contributed by atoms with E-state index in [0.717, 1.165) is 16.7 Å². The van der Waals surface area contributed by atoms with E-state index in [0.29, 0.717) is 23.8 Å². The van der Waals surface area contributed by atoms with Crippen molar-refractivity contribution in [2.75, 3.05) is 11.9 Å². The molecule has 1 saturated heterocycles. The SMILES string of the molecule is C=CCOC(=O)Nc1cccc(C2OC(Cn3cnc(Cl)c3Cl)CC(c3ccc(CO)cc3)O2)c1. The Bertz CT molecular complexity index is 1170. The van der Waals surface area contributed by atoms with Gasteiger partial charge in [0.25, 0.3) is 0 Å². The number of hydrogen-bond acceptors (Lipinski definition) is 6. The number of benzene rings is 2. The van der Waals surface area contributed by atoms with Crippen LogP contribution in [0.25, 0.3) is 0 Å². The number of aliphatic hydroxyl groups is 1. The van der Waals surface area contributed by atoms with Gasteiger partial charge in [0.1, 0.15) is 11.8 Å². The zero-order valence-corrected chi connectivity index (χ0v) is 20.3. The van der Waals surface area contributed by atoms with Crippen LogP contribution >= 0.6 is 23.2 Å². The molecular weight excluding hydrogens is 493 g/mol. The maximum Gasteiger partial charge on any atom is 0.411 e. The number of nitrogens with zero attached hydrogens (tertiary/aromatic N) is 2. The molecule has 35 heavy (non-hydrogen) atoms. The highest BCUT2D eigenvalue weighted by atomic mass is 35.5. The Morgan fingerprint density at radius 2 is 2.03 bits per heavy atom. The molecule has 4 rings (SSSR count). The third-order valence-electron chi connectivity index (χ3n) is 5.49. The predicted molar refractivity (Wildman–Crippen MR) is 132 cm³/mol. The second kappa shape index (κ2) is 11.7. The minimum atomic E-state index is -0.708. The van der Waals surface area contributed by atoms with Crippen LogP contribution < -0.4 is 5.32 Å². The van der Waals surface area contributed by atoms with E-state index >= 15 is 0 Å². The maximum absolute atomic E-state index is 11.9. The van der Waals surface area contributed by atoms with Crippen molar-refractivity contribution in [3.05, 3.63) is 94.5 Å². The van der Waals surface area contributed by atoms with Crippen LogP contribution in [0.3, 0.4) is 0 Å². The number of carbonyl (C=O) groups is 1. The Labute approximate surface area is 213 Å². The quantitative estimate of drug-likeness (QED) is 0.374. The first kappa shape index (κ1) is 25.2. The van der Waals surface area contributed by atoms with Crippen LogP contribution in [0, 0.1) is 0 Å². The van der Waals surface area contributed by atoms with E-state index in [1.807, 2.05) is 30.3 Å². The molecule has 1 fully saturated rings. The van der Waals surface area contributed by atoms with Gasteiger partial charge in [-0.2, -0.15) is 0 Å². The average Bonchev–Trinajstić information content (AvgIpc) is 3.19. The number of carbonyl (C=O) groups excluding carboxylic acids is 1. The zero-order chi connectivity index (χ0) is 24.8. The topological polar surface area (TPSA) is 94.8 Å². The summed E-state index contributed by atoms with van der Waals surface area (Å²) < 4.78 is 19.3. The fourth-order valence-corrected chi connectivity index (χ4v) is 4.09. The minimum absolute atomic E-state index is 0.0327. The number of aromatic nitrogens is 2. The van der Waals surface area contributed by atoms with E-state index in [-0.39, 0.29) is 30.6 Å². The second-order valence-corrected chi connectivity index (χ2v) is 8.68. The van der Waals surface area contributed by atoms with Gasteiger partial charge in [-0.1, -0.05) is 72.3 Å². The van der Waals surface area contributed by atoms with Crippen LogP contribution in [0.5, 0.6) is 0 Å². The first-order valence-corrected chi connectivity index (χ1v) is 11.7. The van der Waals surface area contributed by atoms with E-state index in [1.165, 1.54) is 6.08 Å². The number of aliphatic hydroxyl groups excluding tert-OH is 1. The third-order valence-corrected chi connectivity index (χ3v) is 6.26. The maximum atomic E-state index is 11.9. The molecule has 1 aliphatic rings. The van der Waals surface area contributed by atoms with Crippen molar-refractivity contribution in [2.45, 2.75) is 38.1 Å². The number of halogens is 2. The Hall–Kier alpha value is -2.88. The van der Waals surface area contributed by atoms with E-state index in [2.05, 4.69) is 16.9 Å². The largest absolute Gasteiger partial charge is 0.445 e. The first-order chi connectivity index (χ1) is 17.0. The normalized spacial score (nSPS) is 19.8. The number of amides is 1. The Kier molecular flexibility index (Phi) is 8.43. The van der Waals surface area contributed by atoms with Crippen molar-refractivity contribution in [1.29, 1.82) is 0 Å². The van der Waals surface area contributed by atoms with Gasteiger partial charge in [0.05, 0.1) is 31.7 Å². The fourth-order valence-electron chi connectivity index (χ4n) is 3.77. The summed E-state index contributed by atoms with van der Waals surface area (Å²) in [5.41, 5.74) is 3.04. The van der Waals surface area contributed by atoms with Gasteiger partial charge in [-0.3, -0.25) is 5.32 Å². The second-order valence-electron chi connectivity index (χ2n) is 7.97. The zero-order valence-electron chi connectivity index (χ0n) is 18.8. The molecule has 184 valence electrons. The number of rotatable bonds is 8. The Morgan fingerprint density at radius 1 is 1.23 bits per heavy atom. The molecule has 0 radical (unpaired) electrons. The average molecular weight is 518 g/mol. The lowest BCUT2D eigenvalue weighted by molar-refractivity contribution is -0.252. The van der Waals surface area contributed by atoms with Gasteiger partial charge in [0, 0.05) is 17.7 Å². The van der Waals surface area contributed by atoms with Crippen LogP contribution in [-0.2, 0) is 27.4 Å². The molecule has 3 unspecified atom stereocenters. The fraction of sp³-hybridized carbons (Fsp3) is 0.280. The van der Waals surface area contributed by atoms with Crippen molar-refractivity contribution >= 4 is 35.0 Å². The van der Waals surface area contributed by atoms with E-state index in [9.17, 15) is 9.90 Å². The highest BCUT2D eigenvalue weighted by molar-refractivity contribution is 6.40. The Morgan fingerprint density at radius 3 is 2.71 bits per heavy atom. The van der Waals surface area contributed by atoms with Gasteiger partial charge < -0.3 is 23.9 Å². The van der Waals surface area contributed by atoms with Gasteiger partial charge in [-0.25, -0.2) is 9.78 Å². The summed E-state index contributed by atoms with van der Waals surface area (Å²) in [7, 11) is 0. The van der Waals surface area contributed by atoms with Gasteiger partial charge in [0.15, 0.2) is 11.4 Å². The van der Waals surface area contributed by atoms with E-state index in [1.54, 1.807) is 29.1 Å². The third kappa shape index (κ3) is 6.42. The molecule has 1 aromatic heterocycles. The lowest BCUT2D eigenvalue weighted by Gasteiger charge is -2.36. The molecule has 2 N–H and O–H groups in total. The standard InChI is InChI=1S/C25H25Cl2N3O5/c1-2-10-33-25(32)29-19-5-3-4-18(11-19)24-34-20(13-30-15-28-22(26)23(30)27)12-21(35-24)17-8-6-16(14-31)7-9-17/h2-9,11,15,20-21,24,31H,1,10,12-14H2,(H,29,32). The number of ether oxygens (including phenoxy) is 3. The summed E-state index contributed by atoms with van der Waals surface area (Å²) >= 11 is 12.3. The summed E-state index contributed by atoms with van der Waals surface area (Å²) in [6.45, 7) is 4.03. The van der Waals surface area contributed by atoms with Crippen LogP contribution in [0.4, 0.5) is 10.5 Å². The molecule has 2 heterocycles. The number of hydrogen-bond donors (Lipinski definition) is 2. The van der Waals surface area contributed by atoms with Crippen molar-refractivity contribution in [3.63, 3.8) is 0 Å². The number of anilines is 1. The van der Waals surface area contributed by atoms with Gasteiger partial charge in [-0.15, -0.1) is 0 Å². The van der Waals surface area contributed by atoms with Crippen LogP contribution in [0.15, 0.2) is 67.5 Å². The van der Waals surface area contributed by atoms with Gasteiger partial charge >= 0.3 is 6.09 Å². The Balaban J connectivity index is 1.57. The predicted octanol–water partition coefficient (Wildman–Crippen LogP) is 5.66. The first-order valence-electron chi connectivity index (χ1n) is 11.0. The minimum Gasteiger partial charge on any atom is -0.445 e. The summed E-state index contributed by atoms with van der Waals surface area (Å²) in [4.78, 5) is 16.0. The smallest absolute Gasteiger partial charge is 0.411 e. The molecule has 0 saturated carbocycles. The lowest BCUT2D eigenvalue weighted by Crippen LogP contribution is -2.32. The molecule has 0 aliphatic carbocycles. The van der Waals surface area contributed by atoms with Gasteiger partial charge in [0.2, 0.25) is 0 Å². The molecule has 8 nitrogen and oxygen atoms in total. The molecule has 1 amide bonds. The summed E-state index contributed by atoms with van der Waals surface area (Å²) in [5, 5.41) is 12.6. The van der Waals surface area contributed by atoms with Crippen molar-refractivity contribution in [1.82, 2.24) is 9.55 Å². The monoisotopic (exact) mass is 517 g/mol. The molecule has 10 heteroatoms. The van der Waals surface area contributed by atoms with Crippen LogP contribution in [0.2, 0.25) is 10.3 Å². The van der Waals surface area contributed by atoms with Crippen LogP contribution in [0.1, 0.15) is 35.5 Å². The van der Waals surface area contributed by atoms with Crippen molar-refractivity contribution < 1.29 is 24.1 Å². The summed E-state index contributed by atoms with van der Waals surface area (Å²) in [6, 6.07) is 14.8. The van der Waals surface area contributed by atoms with Crippen LogP contribution in [-0.4, -0.2) is 33.5 Å². The van der Waals surface area contributed by atoms with E-state index in [4.69, 9.17) is 37.4 Å². The molecule has 0 spiro atoms. The lowest BCUT2D eigenvalue weighted by atomic mass is 10.00. The summed E-state index contributed by atoms with van der Waals surface area (Å²) in [6.07, 6.45) is 1.79. The molecule has 3 atom stereocenters.